The molecule has 84 valence electrons. The van der Waals surface area contributed by atoms with Gasteiger partial charge in [-0.3, -0.25) is 0 Å². The molecule has 1 heterocycles. The van der Waals surface area contributed by atoms with E-state index < -0.39 is 0 Å². The lowest BCUT2D eigenvalue weighted by Crippen LogP contribution is -2.14. The van der Waals surface area contributed by atoms with E-state index in [1.807, 2.05) is 6.33 Å². The maximum atomic E-state index is 5.57. The summed E-state index contributed by atoms with van der Waals surface area (Å²) in [6.45, 7) is 0.658. The summed E-state index contributed by atoms with van der Waals surface area (Å²) in [4.78, 5) is 0. The zero-order chi connectivity index (χ0) is 10.5. The van der Waals surface area contributed by atoms with Gasteiger partial charge in [-0.05, 0) is 19.4 Å². The molecule has 1 aliphatic rings. The summed E-state index contributed by atoms with van der Waals surface area (Å²) in [5, 5.41) is 8.15. The molecule has 0 spiro atoms. The van der Waals surface area contributed by atoms with Gasteiger partial charge < -0.3 is 10.3 Å². The molecule has 1 aliphatic carbocycles. The molecule has 4 heteroatoms. The summed E-state index contributed by atoms with van der Waals surface area (Å²) in [6, 6.07) is 0.615. The van der Waals surface area contributed by atoms with Gasteiger partial charge in [-0.1, -0.05) is 25.7 Å². The second-order valence-corrected chi connectivity index (χ2v) is 4.34. The van der Waals surface area contributed by atoms with Crippen LogP contribution in [0.2, 0.25) is 0 Å². The van der Waals surface area contributed by atoms with Crippen LogP contribution in [0.1, 0.15) is 50.4 Å². The second-order valence-electron chi connectivity index (χ2n) is 4.34. The maximum absolute atomic E-state index is 5.57. The second kappa shape index (κ2) is 5.26. The topological polar surface area (TPSA) is 56.7 Å². The van der Waals surface area contributed by atoms with Crippen LogP contribution >= 0.6 is 0 Å². The number of nitrogens with zero attached hydrogens (tertiary/aromatic N) is 3. The van der Waals surface area contributed by atoms with Gasteiger partial charge in [0.15, 0.2) is 0 Å². The van der Waals surface area contributed by atoms with Crippen molar-refractivity contribution in [3.63, 3.8) is 0 Å². The first-order valence-electron chi connectivity index (χ1n) is 6.00. The summed E-state index contributed by atoms with van der Waals surface area (Å²) < 4.78 is 2.25. The Morgan fingerprint density at radius 3 is 2.67 bits per heavy atom. The van der Waals surface area contributed by atoms with E-state index in [2.05, 4.69) is 14.8 Å². The van der Waals surface area contributed by atoms with Crippen molar-refractivity contribution in [2.45, 2.75) is 51.0 Å². The highest BCUT2D eigenvalue weighted by Gasteiger charge is 2.16. The molecule has 0 unspecified atom stereocenters. The predicted octanol–water partition coefficient (Wildman–Crippen LogP) is 1.67. The molecule has 0 aromatic carbocycles. The van der Waals surface area contributed by atoms with Crippen LogP contribution in [0, 0.1) is 0 Å². The van der Waals surface area contributed by atoms with Gasteiger partial charge in [0.1, 0.15) is 12.2 Å². The van der Waals surface area contributed by atoms with Gasteiger partial charge >= 0.3 is 0 Å². The summed E-state index contributed by atoms with van der Waals surface area (Å²) in [7, 11) is 0. The fourth-order valence-electron chi connectivity index (χ4n) is 2.42. The van der Waals surface area contributed by atoms with Crippen molar-refractivity contribution in [1.29, 1.82) is 0 Å². The van der Waals surface area contributed by atoms with E-state index >= 15 is 0 Å². The van der Waals surface area contributed by atoms with E-state index in [1.54, 1.807) is 0 Å². The van der Waals surface area contributed by atoms with Crippen LogP contribution < -0.4 is 5.73 Å². The molecule has 0 radical (unpaired) electrons. The fraction of sp³-hybridized carbons (Fsp3) is 0.818. The van der Waals surface area contributed by atoms with Crippen LogP contribution in [0.5, 0.6) is 0 Å². The summed E-state index contributed by atoms with van der Waals surface area (Å²) in [5.41, 5.74) is 5.57. The lowest BCUT2D eigenvalue weighted by molar-refractivity contribution is 0.429. The van der Waals surface area contributed by atoms with Crippen molar-refractivity contribution in [2.24, 2.45) is 5.73 Å². The van der Waals surface area contributed by atoms with Crippen molar-refractivity contribution in [2.75, 3.05) is 6.54 Å². The quantitative estimate of drug-likeness (QED) is 0.769. The third-order valence-electron chi connectivity index (χ3n) is 3.23. The van der Waals surface area contributed by atoms with Crippen molar-refractivity contribution < 1.29 is 0 Å². The van der Waals surface area contributed by atoms with Gasteiger partial charge in [-0.25, -0.2) is 0 Å². The van der Waals surface area contributed by atoms with Crippen molar-refractivity contribution >= 4 is 0 Å². The van der Waals surface area contributed by atoms with Crippen LogP contribution in [0.4, 0.5) is 0 Å². The molecule has 1 aromatic rings. The highest BCUT2D eigenvalue weighted by Crippen LogP contribution is 2.27. The Hall–Kier alpha value is -0.900. The Kier molecular flexibility index (Phi) is 3.72. The zero-order valence-electron chi connectivity index (χ0n) is 9.23. The predicted molar refractivity (Wildman–Crippen MR) is 59.5 cm³/mol. The first-order chi connectivity index (χ1) is 7.42. The van der Waals surface area contributed by atoms with Gasteiger partial charge in [-0.2, -0.15) is 0 Å². The maximum Gasteiger partial charge on any atom is 0.134 e. The molecule has 0 bridgehead atoms. The zero-order valence-corrected chi connectivity index (χ0v) is 9.23. The average molecular weight is 208 g/mol. The molecule has 1 aromatic heterocycles. The highest BCUT2D eigenvalue weighted by molar-refractivity contribution is 4.90. The largest absolute Gasteiger partial charge is 0.330 e. The van der Waals surface area contributed by atoms with Gasteiger partial charge in [0, 0.05) is 12.5 Å². The average Bonchev–Trinajstić information content (AvgIpc) is 2.53. The Balaban J connectivity index is 2.08. The van der Waals surface area contributed by atoms with E-state index in [1.165, 1.54) is 38.5 Å². The summed E-state index contributed by atoms with van der Waals surface area (Å²) >= 11 is 0. The van der Waals surface area contributed by atoms with Gasteiger partial charge in [-0.15, -0.1) is 10.2 Å². The first-order valence-corrected chi connectivity index (χ1v) is 6.00. The minimum absolute atomic E-state index is 0.615. The third kappa shape index (κ3) is 2.56. The molecular weight excluding hydrogens is 188 g/mol. The van der Waals surface area contributed by atoms with Crippen LogP contribution in [0.15, 0.2) is 6.33 Å². The minimum atomic E-state index is 0.615. The number of hydrogen-bond acceptors (Lipinski definition) is 3. The molecule has 0 amide bonds. The van der Waals surface area contributed by atoms with E-state index in [9.17, 15) is 0 Å². The van der Waals surface area contributed by atoms with E-state index in [-0.39, 0.29) is 0 Å². The Bertz CT molecular complexity index is 287. The Morgan fingerprint density at radius 2 is 2.00 bits per heavy atom. The number of hydrogen-bond donors (Lipinski definition) is 1. The summed E-state index contributed by atoms with van der Waals surface area (Å²) in [5.74, 6) is 1.06. The lowest BCUT2D eigenvalue weighted by Gasteiger charge is -2.17. The van der Waals surface area contributed by atoms with E-state index in [0.717, 1.165) is 12.2 Å². The molecular formula is C11H20N4. The molecule has 2 rings (SSSR count). The molecule has 15 heavy (non-hydrogen) atoms. The van der Waals surface area contributed by atoms with E-state index in [0.29, 0.717) is 12.6 Å². The first kappa shape index (κ1) is 10.6. The minimum Gasteiger partial charge on any atom is -0.330 e. The normalized spacial score (nSPS) is 19.0. The van der Waals surface area contributed by atoms with Gasteiger partial charge in [0.25, 0.3) is 0 Å². The van der Waals surface area contributed by atoms with E-state index in [4.69, 9.17) is 5.73 Å². The lowest BCUT2D eigenvalue weighted by atomic mass is 10.1. The molecule has 4 nitrogen and oxygen atoms in total. The molecule has 0 aliphatic heterocycles. The van der Waals surface area contributed by atoms with Crippen molar-refractivity contribution in [3.05, 3.63) is 12.2 Å². The van der Waals surface area contributed by atoms with Crippen molar-refractivity contribution in [3.8, 4) is 0 Å². The Labute approximate surface area is 90.9 Å². The van der Waals surface area contributed by atoms with Crippen LogP contribution in [0.25, 0.3) is 0 Å². The Morgan fingerprint density at radius 1 is 1.27 bits per heavy atom. The highest BCUT2D eigenvalue weighted by atomic mass is 15.3. The molecule has 2 N–H and O–H groups in total. The van der Waals surface area contributed by atoms with Crippen LogP contribution in [-0.4, -0.2) is 21.3 Å². The molecule has 1 fully saturated rings. The van der Waals surface area contributed by atoms with Crippen molar-refractivity contribution in [1.82, 2.24) is 14.8 Å². The van der Waals surface area contributed by atoms with Gasteiger partial charge in [0.2, 0.25) is 0 Å². The smallest absolute Gasteiger partial charge is 0.134 e. The van der Waals surface area contributed by atoms with Crippen LogP contribution in [0.3, 0.4) is 0 Å². The monoisotopic (exact) mass is 208 g/mol. The van der Waals surface area contributed by atoms with Crippen LogP contribution in [-0.2, 0) is 6.42 Å². The standard InChI is InChI=1S/C11H20N4/c12-8-7-11-14-13-9-15(11)10-5-3-1-2-4-6-10/h9-10H,1-8,12H2. The molecule has 1 saturated carbocycles. The van der Waals surface area contributed by atoms with Gasteiger partial charge in [0.05, 0.1) is 0 Å². The molecule has 0 atom stereocenters. The number of aromatic nitrogens is 3. The summed E-state index contributed by atoms with van der Waals surface area (Å²) in [6.07, 6.45) is 10.7. The molecule has 0 saturated heterocycles. The SMILES string of the molecule is NCCc1nncn1C1CCCCCC1. The number of rotatable bonds is 3. The fourth-order valence-corrected chi connectivity index (χ4v) is 2.42. The number of nitrogens with two attached hydrogens (primary N) is 1. The third-order valence-corrected chi connectivity index (χ3v) is 3.23.